The molecule has 0 atom stereocenters. The van der Waals surface area contributed by atoms with Gasteiger partial charge in [0, 0.05) is 18.7 Å². The van der Waals surface area contributed by atoms with Gasteiger partial charge in [-0.15, -0.1) is 0 Å². The third-order valence-corrected chi connectivity index (χ3v) is 9.26. The van der Waals surface area contributed by atoms with Crippen LogP contribution < -0.4 is 9.47 Å². The number of hydrogen-bond donors (Lipinski definition) is 0. The highest BCUT2D eigenvalue weighted by Gasteiger charge is 2.54. The fraction of sp³-hybridized carbons (Fsp3) is 0.480. The van der Waals surface area contributed by atoms with Crippen LogP contribution in [0.1, 0.15) is 49.3 Å². The second-order valence-electron chi connectivity index (χ2n) is 8.73. The van der Waals surface area contributed by atoms with Crippen molar-refractivity contribution in [3.63, 3.8) is 0 Å². The summed E-state index contributed by atoms with van der Waals surface area (Å²) >= 11 is 0. The van der Waals surface area contributed by atoms with Gasteiger partial charge in [0.25, 0.3) is 0 Å². The van der Waals surface area contributed by atoms with E-state index < -0.39 is 14.6 Å². The number of sulfone groups is 1. The number of para-hydroxylation sites is 1. The highest BCUT2D eigenvalue weighted by Crippen LogP contribution is 2.43. The predicted octanol–water partition coefficient (Wildman–Crippen LogP) is 4.21. The zero-order valence-electron chi connectivity index (χ0n) is 19.0. The molecule has 1 heterocycles. The zero-order chi connectivity index (χ0) is 22.9. The summed E-state index contributed by atoms with van der Waals surface area (Å²) in [6, 6.07) is 11.0. The van der Waals surface area contributed by atoms with E-state index in [1.54, 1.807) is 17.9 Å². The number of rotatable bonds is 6. The van der Waals surface area contributed by atoms with Crippen LogP contribution in [0, 0.1) is 13.8 Å². The highest BCUT2D eigenvalue weighted by molar-refractivity contribution is 7.93. The fourth-order valence-corrected chi connectivity index (χ4v) is 7.27. The highest BCUT2D eigenvalue weighted by atomic mass is 32.2. The van der Waals surface area contributed by atoms with E-state index in [1.165, 1.54) is 0 Å². The van der Waals surface area contributed by atoms with Crippen LogP contribution in [0.2, 0.25) is 0 Å². The maximum absolute atomic E-state index is 14.0. The van der Waals surface area contributed by atoms with Gasteiger partial charge in [0.05, 0.1) is 4.90 Å². The van der Waals surface area contributed by atoms with Crippen molar-refractivity contribution in [2.75, 3.05) is 19.8 Å². The largest absolute Gasteiger partial charge is 0.486 e. The molecule has 2 aromatic rings. The number of hydrogen-bond acceptors (Lipinski definition) is 5. The Balaban J connectivity index is 1.72. The minimum absolute atomic E-state index is 0.276. The number of ether oxygens (including phenoxy) is 2. The number of amides is 1. The van der Waals surface area contributed by atoms with E-state index in [2.05, 4.69) is 0 Å². The van der Waals surface area contributed by atoms with Gasteiger partial charge in [-0.25, -0.2) is 8.42 Å². The van der Waals surface area contributed by atoms with Crippen LogP contribution in [0.4, 0.5) is 0 Å². The van der Waals surface area contributed by atoms with Crippen molar-refractivity contribution in [2.24, 2.45) is 0 Å². The van der Waals surface area contributed by atoms with Crippen molar-refractivity contribution in [2.45, 2.75) is 62.6 Å². The molecule has 0 bridgehead atoms. The van der Waals surface area contributed by atoms with Crippen molar-refractivity contribution >= 4 is 15.7 Å². The summed E-state index contributed by atoms with van der Waals surface area (Å²) in [5, 5.41) is 0. The Morgan fingerprint density at radius 1 is 1.06 bits per heavy atom. The van der Waals surface area contributed by atoms with Crippen LogP contribution in [0.15, 0.2) is 41.3 Å². The normalized spacial score (nSPS) is 17.2. The lowest BCUT2D eigenvalue weighted by atomic mass is 10.0. The van der Waals surface area contributed by atoms with Crippen LogP contribution in [0.5, 0.6) is 11.5 Å². The molecule has 7 heteroatoms. The molecular weight excluding hydrogens is 426 g/mol. The number of carbonyl (C=O) groups excluding carboxylic acids is 1. The second kappa shape index (κ2) is 8.77. The molecule has 1 aliphatic heterocycles. The minimum atomic E-state index is -3.86. The van der Waals surface area contributed by atoms with E-state index in [4.69, 9.17) is 9.47 Å². The van der Waals surface area contributed by atoms with Gasteiger partial charge in [-0.2, -0.15) is 0 Å². The summed E-state index contributed by atoms with van der Waals surface area (Å²) in [4.78, 5) is 15.9. The molecule has 1 amide bonds. The predicted molar refractivity (Wildman–Crippen MR) is 123 cm³/mol. The Labute approximate surface area is 190 Å². The van der Waals surface area contributed by atoms with E-state index in [9.17, 15) is 13.2 Å². The summed E-state index contributed by atoms with van der Waals surface area (Å²) in [7, 11) is -3.86. The average Bonchev–Trinajstić information content (AvgIpc) is 3.30. The maximum atomic E-state index is 14.0. The Morgan fingerprint density at radius 3 is 2.50 bits per heavy atom. The van der Waals surface area contributed by atoms with Gasteiger partial charge in [0.1, 0.15) is 13.2 Å². The van der Waals surface area contributed by atoms with E-state index in [0.29, 0.717) is 49.7 Å². The molecule has 0 saturated heterocycles. The Hall–Kier alpha value is -2.54. The number of carbonyl (C=O) groups is 1. The molecule has 0 radical (unpaired) electrons. The van der Waals surface area contributed by atoms with Crippen LogP contribution in [0.3, 0.4) is 0 Å². The molecule has 0 N–H and O–H groups in total. The van der Waals surface area contributed by atoms with Gasteiger partial charge in [-0.05, 0) is 56.9 Å². The van der Waals surface area contributed by atoms with Crippen molar-refractivity contribution < 1.29 is 22.7 Å². The molecule has 0 spiro atoms. The van der Waals surface area contributed by atoms with Crippen LogP contribution >= 0.6 is 0 Å². The molecule has 1 fully saturated rings. The van der Waals surface area contributed by atoms with Gasteiger partial charge >= 0.3 is 0 Å². The fourth-order valence-electron chi connectivity index (χ4n) is 4.83. The smallest absolute Gasteiger partial charge is 0.244 e. The van der Waals surface area contributed by atoms with Crippen LogP contribution in [-0.2, 0) is 21.2 Å². The summed E-state index contributed by atoms with van der Waals surface area (Å²) in [5.74, 6) is 0.992. The molecule has 2 aromatic carbocycles. The Kier molecular flexibility index (Phi) is 6.21. The van der Waals surface area contributed by atoms with Crippen LogP contribution in [-0.4, -0.2) is 43.7 Å². The summed E-state index contributed by atoms with van der Waals surface area (Å²) in [6.45, 7) is 7.20. The number of benzene rings is 2. The molecule has 6 nitrogen and oxygen atoms in total. The van der Waals surface area contributed by atoms with E-state index in [0.717, 1.165) is 24.0 Å². The quantitative estimate of drug-likeness (QED) is 0.650. The first-order valence-corrected chi connectivity index (χ1v) is 12.8. The van der Waals surface area contributed by atoms with Crippen molar-refractivity contribution in [3.05, 3.63) is 53.1 Å². The van der Waals surface area contributed by atoms with E-state index in [1.807, 2.05) is 44.2 Å². The lowest BCUT2D eigenvalue weighted by Gasteiger charge is -2.34. The van der Waals surface area contributed by atoms with E-state index >= 15 is 0 Å². The minimum Gasteiger partial charge on any atom is -0.486 e. The first-order chi connectivity index (χ1) is 15.3. The standard InChI is InChI=1S/C25H31NO5S/c1-4-26(17-20-8-7-9-21-23(20)31-15-14-30-21)24(27)25(12-5-6-13-25)32(28,29)22-16-18(2)10-11-19(22)3/h7-11,16H,4-6,12-15,17H2,1-3H3. The first-order valence-electron chi connectivity index (χ1n) is 11.3. The average molecular weight is 458 g/mol. The lowest BCUT2D eigenvalue weighted by Crippen LogP contribution is -2.52. The van der Waals surface area contributed by atoms with Gasteiger partial charge < -0.3 is 14.4 Å². The number of fused-ring (bicyclic) bond motifs is 1. The topological polar surface area (TPSA) is 72.9 Å². The Morgan fingerprint density at radius 2 is 1.78 bits per heavy atom. The molecule has 32 heavy (non-hydrogen) atoms. The van der Waals surface area contributed by atoms with Crippen molar-refractivity contribution in [3.8, 4) is 11.5 Å². The monoisotopic (exact) mass is 457 g/mol. The zero-order valence-corrected chi connectivity index (χ0v) is 19.8. The summed E-state index contributed by atoms with van der Waals surface area (Å²) < 4.78 is 38.0. The van der Waals surface area contributed by atoms with Gasteiger partial charge in [0.15, 0.2) is 26.1 Å². The van der Waals surface area contributed by atoms with Crippen LogP contribution in [0.25, 0.3) is 0 Å². The summed E-state index contributed by atoms with van der Waals surface area (Å²) in [5.41, 5.74) is 2.38. The molecular formula is C25H31NO5S. The van der Waals surface area contributed by atoms with Gasteiger partial charge in [-0.3, -0.25) is 4.79 Å². The number of aryl methyl sites for hydroxylation is 2. The lowest BCUT2D eigenvalue weighted by molar-refractivity contribution is -0.134. The molecule has 0 unspecified atom stereocenters. The third kappa shape index (κ3) is 3.76. The van der Waals surface area contributed by atoms with Crippen molar-refractivity contribution in [1.29, 1.82) is 0 Å². The molecule has 2 aliphatic rings. The van der Waals surface area contributed by atoms with Gasteiger partial charge in [-0.1, -0.05) is 37.1 Å². The molecule has 1 aliphatic carbocycles. The molecule has 0 aromatic heterocycles. The first kappa shape index (κ1) is 22.6. The molecule has 172 valence electrons. The molecule has 1 saturated carbocycles. The third-order valence-electron chi connectivity index (χ3n) is 6.63. The SMILES string of the molecule is CCN(Cc1cccc2c1OCCO2)C(=O)C1(S(=O)(=O)c2cc(C)ccc2C)CCCC1. The van der Waals surface area contributed by atoms with Gasteiger partial charge in [0.2, 0.25) is 5.91 Å². The number of nitrogens with zero attached hydrogens (tertiary/aromatic N) is 1. The Bertz CT molecular complexity index is 1120. The molecule has 4 rings (SSSR count). The summed E-state index contributed by atoms with van der Waals surface area (Å²) in [6.07, 6.45) is 2.16. The van der Waals surface area contributed by atoms with Crippen molar-refractivity contribution in [1.82, 2.24) is 4.90 Å². The van der Waals surface area contributed by atoms with E-state index in [-0.39, 0.29) is 17.3 Å². The maximum Gasteiger partial charge on any atom is 0.244 e. The second-order valence-corrected chi connectivity index (χ2v) is 11.0.